The maximum atomic E-state index is 12.1. The highest BCUT2D eigenvalue weighted by atomic mass is 16.6. The van der Waals surface area contributed by atoms with Crippen LogP contribution >= 0.6 is 0 Å². The molecule has 0 heterocycles. The molecule has 25 heavy (non-hydrogen) atoms. The Hall–Kier alpha value is -2.89. The molecular formula is C19H18BNO4. The van der Waals surface area contributed by atoms with Gasteiger partial charge in [0.25, 0.3) is 0 Å². The predicted octanol–water partition coefficient (Wildman–Crippen LogP) is 3.07. The van der Waals surface area contributed by atoms with Crippen molar-refractivity contribution < 1.29 is 19.1 Å². The highest BCUT2D eigenvalue weighted by molar-refractivity contribution is 6.12. The third-order valence-electron chi connectivity index (χ3n) is 3.51. The molecule has 0 aliphatic heterocycles. The summed E-state index contributed by atoms with van der Waals surface area (Å²) in [6, 6.07) is 17.0. The maximum Gasteiger partial charge on any atom is 0.338 e. The maximum absolute atomic E-state index is 12.1. The van der Waals surface area contributed by atoms with E-state index in [0.717, 1.165) is 6.21 Å². The van der Waals surface area contributed by atoms with Gasteiger partial charge < -0.3 is 14.9 Å². The Balaban J connectivity index is 1.93. The summed E-state index contributed by atoms with van der Waals surface area (Å²) in [7, 11) is 6.00. The van der Waals surface area contributed by atoms with Crippen molar-refractivity contribution in [1.82, 2.24) is 0 Å². The van der Waals surface area contributed by atoms with Gasteiger partial charge in [-0.1, -0.05) is 36.4 Å². The van der Waals surface area contributed by atoms with Gasteiger partial charge in [-0.05, 0) is 36.3 Å². The zero-order valence-corrected chi connectivity index (χ0v) is 13.6. The van der Waals surface area contributed by atoms with E-state index in [1.165, 1.54) is 0 Å². The van der Waals surface area contributed by atoms with Crippen molar-refractivity contribution in [1.29, 1.82) is 5.41 Å². The Morgan fingerprint density at radius 2 is 1.48 bits per heavy atom. The van der Waals surface area contributed by atoms with E-state index >= 15 is 0 Å². The lowest BCUT2D eigenvalue weighted by Gasteiger charge is -2.23. The standard InChI is InChI=1S/C19H18BNO4/c20-16(13-24-18(22)14-7-3-1-4-8-14)17(11-12-21)25-19(23)15-9-5-2-6-10-15/h1-10,12,16-17,21H,11,13H2/t16-,17-/m0/s1. The van der Waals surface area contributed by atoms with E-state index < -0.39 is 23.9 Å². The van der Waals surface area contributed by atoms with Gasteiger partial charge in [-0.25, -0.2) is 9.59 Å². The highest BCUT2D eigenvalue weighted by Crippen LogP contribution is 2.17. The number of nitrogens with one attached hydrogen (secondary N) is 1. The van der Waals surface area contributed by atoms with Crippen LogP contribution in [0.5, 0.6) is 0 Å². The van der Waals surface area contributed by atoms with Gasteiger partial charge in [-0.2, -0.15) is 0 Å². The Morgan fingerprint density at radius 1 is 0.960 bits per heavy atom. The van der Waals surface area contributed by atoms with Crippen LogP contribution in [0.4, 0.5) is 0 Å². The van der Waals surface area contributed by atoms with Gasteiger partial charge in [-0.15, -0.1) is 0 Å². The second-order valence-electron chi connectivity index (χ2n) is 5.38. The summed E-state index contributed by atoms with van der Waals surface area (Å²) in [6.07, 6.45) is 0.499. The van der Waals surface area contributed by atoms with Gasteiger partial charge in [0, 0.05) is 6.42 Å². The molecular weight excluding hydrogens is 317 g/mol. The van der Waals surface area contributed by atoms with Gasteiger partial charge in [0.1, 0.15) is 6.10 Å². The summed E-state index contributed by atoms with van der Waals surface area (Å²) in [5.74, 6) is -1.77. The van der Waals surface area contributed by atoms with E-state index in [1.54, 1.807) is 60.7 Å². The lowest BCUT2D eigenvalue weighted by Crippen LogP contribution is -2.28. The second kappa shape index (κ2) is 9.42. The Labute approximate surface area is 147 Å². The second-order valence-corrected chi connectivity index (χ2v) is 5.38. The van der Waals surface area contributed by atoms with Gasteiger partial charge in [0.2, 0.25) is 0 Å². The van der Waals surface area contributed by atoms with Crippen LogP contribution in [0.15, 0.2) is 60.7 Å². The molecule has 2 atom stereocenters. The van der Waals surface area contributed by atoms with E-state index in [0.29, 0.717) is 11.1 Å². The molecule has 0 aliphatic carbocycles. The summed E-state index contributed by atoms with van der Waals surface area (Å²) in [6.45, 7) is -0.117. The van der Waals surface area contributed by atoms with Crippen molar-refractivity contribution in [3.05, 3.63) is 71.8 Å². The summed E-state index contributed by atoms with van der Waals surface area (Å²) in [5, 5.41) is 7.25. The largest absolute Gasteiger partial charge is 0.462 e. The number of ether oxygens (including phenoxy) is 2. The van der Waals surface area contributed by atoms with E-state index in [-0.39, 0.29) is 13.0 Å². The van der Waals surface area contributed by atoms with Crippen LogP contribution in [-0.2, 0) is 9.47 Å². The van der Waals surface area contributed by atoms with Crippen LogP contribution in [0.25, 0.3) is 0 Å². The molecule has 0 unspecified atom stereocenters. The van der Waals surface area contributed by atoms with Crippen molar-refractivity contribution in [2.45, 2.75) is 18.3 Å². The van der Waals surface area contributed by atoms with Crippen molar-refractivity contribution in [2.24, 2.45) is 0 Å². The molecule has 0 amide bonds. The number of hydrogen-bond acceptors (Lipinski definition) is 5. The predicted molar refractivity (Wildman–Crippen MR) is 95.3 cm³/mol. The Bertz CT molecular complexity index is 706. The lowest BCUT2D eigenvalue weighted by atomic mass is 9.82. The first kappa shape index (κ1) is 18.5. The average molecular weight is 335 g/mol. The number of benzene rings is 2. The smallest absolute Gasteiger partial charge is 0.338 e. The quantitative estimate of drug-likeness (QED) is 0.457. The third kappa shape index (κ3) is 5.60. The van der Waals surface area contributed by atoms with Gasteiger partial charge in [0.15, 0.2) is 0 Å². The molecule has 0 aromatic heterocycles. The van der Waals surface area contributed by atoms with Crippen LogP contribution < -0.4 is 0 Å². The van der Waals surface area contributed by atoms with E-state index in [1.807, 2.05) is 0 Å². The minimum atomic E-state index is -0.756. The molecule has 0 saturated carbocycles. The third-order valence-corrected chi connectivity index (χ3v) is 3.51. The van der Waals surface area contributed by atoms with Crippen LogP contribution in [0.3, 0.4) is 0 Å². The molecule has 1 N–H and O–H groups in total. The molecule has 0 fully saturated rings. The first-order valence-corrected chi connectivity index (χ1v) is 7.84. The van der Waals surface area contributed by atoms with E-state index in [4.69, 9.17) is 22.7 Å². The van der Waals surface area contributed by atoms with Crippen molar-refractivity contribution in [3.8, 4) is 0 Å². The molecule has 2 radical (unpaired) electrons. The molecule has 0 saturated heterocycles. The fourth-order valence-electron chi connectivity index (χ4n) is 2.14. The molecule has 6 heteroatoms. The fourth-order valence-corrected chi connectivity index (χ4v) is 2.14. The number of carbonyl (C=O) groups is 2. The Morgan fingerprint density at radius 3 is 2.00 bits per heavy atom. The number of hydrogen-bond donors (Lipinski definition) is 1. The molecule has 126 valence electrons. The molecule has 0 bridgehead atoms. The normalized spacial score (nSPS) is 12.6. The molecule has 2 rings (SSSR count). The van der Waals surface area contributed by atoms with Gasteiger partial charge in [0.05, 0.1) is 25.6 Å². The fraction of sp³-hybridized carbons (Fsp3) is 0.211. The van der Waals surface area contributed by atoms with Crippen molar-refractivity contribution in [2.75, 3.05) is 6.61 Å². The number of rotatable bonds is 8. The van der Waals surface area contributed by atoms with Crippen LogP contribution in [0.1, 0.15) is 27.1 Å². The number of esters is 2. The van der Waals surface area contributed by atoms with Crippen LogP contribution in [0.2, 0.25) is 5.82 Å². The van der Waals surface area contributed by atoms with E-state index in [9.17, 15) is 9.59 Å². The zero-order valence-electron chi connectivity index (χ0n) is 13.6. The van der Waals surface area contributed by atoms with Crippen molar-refractivity contribution >= 4 is 26.0 Å². The summed E-state index contributed by atoms with van der Waals surface area (Å²) in [5.41, 5.74) is 0.811. The summed E-state index contributed by atoms with van der Waals surface area (Å²) in [4.78, 5) is 24.1. The molecule has 0 spiro atoms. The van der Waals surface area contributed by atoms with Crippen LogP contribution in [-0.4, -0.2) is 38.7 Å². The minimum absolute atomic E-state index is 0.117. The first-order chi connectivity index (χ1) is 12.1. The highest BCUT2D eigenvalue weighted by Gasteiger charge is 2.23. The monoisotopic (exact) mass is 335 g/mol. The lowest BCUT2D eigenvalue weighted by molar-refractivity contribution is 0.0208. The molecule has 0 aliphatic rings. The van der Waals surface area contributed by atoms with Crippen LogP contribution in [0, 0.1) is 5.41 Å². The molecule has 5 nitrogen and oxygen atoms in total. The number of carbonyl (C=O) groups excluding carboxylic acids is 2. The summed E-state index contributed by atoms with van der Waals surface area (Å²) >= 11 is 0. The average Bonchev–Trinajstić information content (AvgIpc) is 2.66. The SMILES string of the molecule is [B][C@@H](COC(=O)c1ccccc1)[C@H](CC=N)OC(=O)c1ccccc1. The topological polar surface area (TPSA) is 76.5 Å². The van der Waals surface area contributed by atoms with Gasteiger partial charge in [-0.3, -0.25) is 0 Å². The molecule has 2 aromatic rings. The Kier molecular flexibility index (Phi) is 6.95. The minimum Gasteiger partial charge on any atom is -0.462 e. The summed E-state index contributed by atoms with van der Waals surface area (Å²) < 4.78 is 10.5. The zero-order chi connectivity index (χ0) is 18.1. The van der Waals surface area contributed by atoms with Gasteiger partial charge >= 0.3 is 11.9 Å². The van der Waals surface area contributed by atoms with E-state index in [2.05, 4.69) is 0 Å². The first-order valence-electron chi connectivity index (χ1n) is 7.84. The molecule has 2 aromatic carbocycles. The van der Waals surface area contributed by atoms with Crippen molar-refractivity contribution in [3.63, 3.8) is 0 Å².